The highest BCUT2D eigenvalue weighted by atomic mass is 79.9. The number of nitrogens with one attached hydrogen (secondary N) is 1. The highest BCUT2D eigenvalue weighted by Crippen LogP contribution is 2.30. The zero-order chi connectivity index (χ0) is 16.5. The summed E-state index contributed by atoms with van der Waals surface area (Å²) in [6, 6.07) is 11.7. The van der Waals surface area contributed by atoms with Crippen molar-refractivity contribution in [3.05, 3.63) is 45.7 Å². The molecule has 1 aliphatic carbocycles. The van der Waals surface area contributed by atoms with Crippen molar-refractivity contribution in [1.82, 2.24) is 15.5 Å². The summed E-state index contributed by atoms with van der Waals surface area (Å²) in [7, 11) is 0. The van der Waals surface area contributed by atoms with Gasteiger partial charge in [0.05, 0.1) is 11.4 Å². The van der Waals surface area contributed by atoms with Gasteiger partial charge < -0.3 is 9.84 Å². The number of aromatic nitrogens is 2. The Balaban J connectivity index is 1.46. The third-order valence-electron chi connectivity index (χ3n) is 3.78. The van der Waals surface area contributed by atoms with Crippen LogP contribution >= 0.6 is 27.3 Å². The Kier molecular flexibility index (Phi) is 4.20. The minimum absolute atomic E-state index is 0.155. The number of hydrogen-bond donors (Lipinski definition) is 1. The van der Waals surface area contributed by atoms with Crippen LogP contribution in [0.1, 0.15) is 17.7 Å². The smallest absolute Gasteiger partial charge is 0.258 e. The molecule has 0 bridgehead atoms. The predicted molar refractivity (Wildman–Crippen MR) is 95.3 cm³/mol. The van der Waals surface area contributed by atoms with Gasteiger partial charge in [-0.05, 0) is 49.2 Å². The lowest BCUT2D eigenvalue weighted by Crippen LogP contribution is -2.23. The molecule has 1 aromatic carbocycles. The molecule has 2 heterocycles. The second kappa shape index (κ2) is 6.49. The van der Waals surface area contributed by atoms with Gasteiger partial charge in [0.25, 0.3) is 5.89 Å². The van der Waals surface area contributed by atoms with Crippen molar-refractivity contribution in [2.24, 2.45) is 5.92 Å². The maximum absolute atomic E-state index is 11.7. The lowest BCUT2D eigenvalue weighted by atomic mass is 10.2. The fourth-order valence-electron chi connectivity index (χ4n) is 2.29. The quantitative estimate of drug-likeness (QED) is 0.690. The molecule has 0 radical (unpaired) electrons. The molecular formula is C17H14BrN3O2S. The molecule has 0 atom stereocenters. The van der Waals surface area contributed by atoms with Crippen molar-refractivity contribution in [2.75, 3.05) is 0 Å². The normalized spacial score (nSPS) is 13.9. The first-order valence-electron chi connectivity index (χ1n) is 7.65. The van der Waals surface area contributed by atoms with Crippen LogP contribution in [0.15, 0.2) is 45.4 Å². The number of rotatable bonds is 5. The molecule has 1 fully saturated rings. The summed E-state index contributed by atoms with van der Waals surface area (Å²) in [6.07, 6.45) is 2.03. The van der Waals surface area contributed by atoms with E-state index in [9.17, 15) is 4.79 Å². The van der Waals surface area contributed by atoms with Gasteiger partial charge in [-0.1, -0.05) is 21.1 Å². The number of halogens is 1. The van der Waals surface area contributed by atoms with Gasteiger partial charge >= 0.3 is 0 Å². The van der Waals surface area contributed by atoms with E-state index in [1.54, 1.807) is 11.3 Å². The molecule has 1 amide bonds. The highest BCUT2D eigenvalue weighted by molar-refractivity contribution is 9.10. The highest BCUT2D eigenvalue weighted by Gasteiger charge is 2.29. The Morgan fingerprint density at radius 2 is 2.04 bits per heavy atom. The molecule has 122 valence electrons. The molecule has 5 nitrogen and oxygen atoms in total. The molecule has 0 spiro atoms. The van der Waals surface area contributed by atoms with E-state index in [4.69, 9.17) is 4.52 Å². The number of carbonyl (C=O) groups is 1. The largest absolute Gasteiger partial charge is 0.351 e. The zero-order valence-corrected chi connectivity index (χ0v) is 15.1. The topological polar surface area (TPSA) is 68.0 Å². The van der Waals surface area contributed by atoms with E-state index in [0.717, 1.165) is 32.6 Å². The average molecular weight is 404 g/mol. The molecule has 1 N–H and O–H groups in total. The van der Waals surface area contributed by atoms with Gasteiger partial charge in [0.1, 0.15) is 0 Å². The number of hydrogen-bond acceptors (Lipinski definition) is 5. The van der Waals surface area contributed by atoms with Crippen molar-refractivity contribution in [3.63, 3.8) is 0 Å². The lowest BCUT2D eigenvalue weighted by molar-refractivity contribution is -0.122. The summed E-state index contributed by atoms with van der Waals surface area (Å²) in [5.41, 5.74) is 0.880. The first-order chi connectivity index (χ1) is 11.7. The van der Waals surface area contributed by atoms with Crippen LogP contribution < -0.4 is 5.32 Å². The van der Waals surface area contributed by atoms with Crippen LogP contribution in [0.5, 0.6) is 0 Å². The van der Waals surface area contributed by atoms with Gasteiger partial charge in [0.15, 0.2) is 0 Å². The molecule has 24 heavy (non-hydrogen) atoms. The fraction of sp³-hybridized carbons (Fsp3) is 0.235. The van der Waals surface area contributed by atoms with E-state index >= 15 is 0 Å². The van der Waals surface area contributed by atoms with Gasteiger partial charge in [0.2, 0.25) is 11.7 Å². The van der Waals surface area contributed by atoms with Crippen LogP contribution in [0.25, 0.3) is 22.2 Å². The van der Waals surface area contributed by atoms with E-state index in [2.05, 4.69) is 31.4 Å². The Hall–Kier alpha value is -1.99. The number of benzene rings is 1. The summed E-state index contributed by atoms with van der Waals surface area (Å²) < 4.78 is 6.35. The van der Waals surface area contributed by atoms with E-state index in [-0.39, 0.29) is 11.8 Å². The Labute approximate surface area is 151 Å². The maximum atomic E-state index is 11.7. The molecule has 1 saturated carbocycles. The van der Waals surface area contributed by atoms with Crippen LogP contribution in [-0.4, -0.2) is 16.0 Å². The molecule has 0 unspecified atom stereocenters. The first kappa shape index (κ1) is 15.5. The Bertz CT molecular complexity index is 868. The van der Waals surface area contributed by atoms with Crippen LogP contribution in [0.3, 0.4) is 0 Å². The Morgan fingerprint density at radius 1 is 1.25 bits per heavy atom. The van der Waals surface area contributed by atoms with Crippen LogP contribution in [0, 0.1) is 5.92 Å². The lowest BCUT2D eigenvalue weighted by Gasteiger charge is -2.00. The van der Waals surface area contributed by atoms with Crippen molar-refractivity contribution < 1.29 is 9.32 Å². The van der Waals surface area contributed by atoms with Gasteiger partial charge in [-0.3, -0.25) is 4.79 Å². The third-order valence-corrected chi connectivity index (χ3v) is 5.39. The number of thiophene rings is 1. The molecule has 0 aliphatic heterocycles. The fourth-order valence-corrected chi connectivity index (χ4v) is 3.43. The minimum atomic E-state index is 0.155. The summed E-state index contributed by atoms with van der Waals surface area (Å²) in [6.45, 7) is 0.553. The van der Waals surface area contributed by atoms with E-state index < -0.39 is 0 Å². The zero-order valence-electron chi connectivity index (χ0n) is 12.7. The number of nitrogens with zero attached hydrogens (tertiary/aromatic N) is 2. The summed E-state index contributed by atoms with van der Waals surface area (Å²) in [5.74, 6) is 1.45. The molecule has 2 aromatic heterocycles. The molecule has 1 aliphatic rings. The van der Waals surface area contributed by atoms with Crippen molar-refractivity contribution in [3.8, 4) is 22.2 Å². The van der Waals surface area contributed by atoms with Crippen LogP contribution in [0.2, 0.25) is 0 Å². The molecule has 4 rings (SSSR count). The maximum Gasteiger partial charge on any atom is 0.258 e. The summed E-state index contributed by atoms with van der Waals surface area (Å²) >= 11 is 4.97. The van der Waals surface area contributed by atoms with E-state index in [1.165, 1.54) is 0 Å². The number of carbonyl (C=O) groups excluding carboxylic acids is 1. The summed E-state index contributed by atoms with van der Waals surface area (Å²) in [4.78, 5) is 18.2. The third kappa shape index (κ3) is 3.42. The van der Waals surface area contributed by atoms with Gasteiger partial charge in [-0.2, -0.15) is 4.98 Å². The van der Waals surface area contributed by atoms with E-state index in [1.807, 2.05) is 36.4 Å². The van der Waals surface area contributed by atoms with Crippen molar-refractivity contribution >= 4 is 33.2 Å². The second-order valence-corrected chi connectivity index (χ2v) is 7.77. The second-order valence-electron chi connectivity index (χ2n) is 5.69. The SMILES string of the molecule is O=C(NCc1ccc(-c2noc(-c3ccc(Br)cc3)n2)s1)C1CC1. The van der Waals surface area contributed by atoms with Gasteiger partial charge in [-0.25, -0.2) is 0 Å². The van der Waals surface area contributed by atoms with Crippen molar-refractivity contribution in [1.29, 1.82) is 0 Å². The summed E-state index contributed by atoms with van der Waals surface area (Å²) in [5, 5.41) is 7.02. The minimum Gasteiger partial charge on any atom is -0.351 e. The van der Waals surface area contributed by atoms with Crippen LogP contribution in [0.4, 0.5) is 0 Å². The standard InChI is InChI=1S/C17H14BrN3O2S/c18-12-5-3-11(4-6-12)17-20-15(21-23-17)14-8-7-13(24-14)9-19-16(22)10-1-2-10/h3-8,10H,1-2,9H2,(H,19,22). The van der Waals surface area contributed by atoms with Crippen LogP contribution in [-0.2, 0) is 11.3 Å². The first-order valence-corrected chi connectivity index (χ1v) is 9.26. The van der Waals surface area contributed by atoms with Gasteiger partial charge in [0, 0.05) is 20.8 Å². The molecule has 3 aromatic rings. The van der Waals surface area contributed by atoms with Crippen molar-refractivity contribution in [2.45, 2.75) is 19.4 Å². The molecular weight excluding hydrogens is 390 g/mol. The molecule has 0 saturated heterocycles. The predicted octanol–water partition coefficient (Wildman–Crippen LogP) is 4.25. The van der Waals surface area contributed by atoms with Gasteiger partial charge in [-0.15, -0.1) is 11.3 Å². The monoisotopic (exact) mass is 403 g/mol. The Morgan fingerprint density at radius 3 is 2.79 bits per heavy atom. The van der Waals surface area contributed by atoms with E-state index in [0.29, 0.717) is 18.3 Å². The number of amides is 1. The molecule has 7 heteroatoms. The average Bonchev–Trinajstić information content (AvgIpc) is 3.14.